The first-order valence-corrected chi connectivity index (χ1v) is 11.1. The number of ketones is 1. The van der Waals surface area contributed by atoms with Gasteiger partial charge in [0.2, 0.25) is 0 Å². The molecule has 0 aliphatic carbocycles. The first-order chi connectivity index (χ1) is 17.0. The Kier molecular flexibility index (Phi) is 5.50. The summed E-state index contributed by atoms with van der Waals surface area (Å²) in [6.07, 6.45) is -4.14. The van der Waals surface area contributed by atoms with Gasteiger partial charge in [-0.3, -0.25) is 14.5 Å². The number of fused-ring (bicyclic) bond motifs is 1. The lowest BCUT2D eigenvalue weighted by atomic mass is 9.94. The van der Waals surface area contributed by atoms with E-state index in [0.717, 1.165) is 28.7 Å². The number of aromatic hydroxyl groups is 1. The molecule has 2 heterocycles. The molecule has 0 radical (unpaired) electrons. The van der Waals surface area contributed by atoms with Gasteiger partial charge >= 0.3 is 6.18 Å². The molecule has 2 aliphatic rings. The van der Waals surface area contributed by atoms with Crippen LogP contribution >= 0.6 is 0 Å². The summed E-state index contributed by atoms with van der Waals surface area (Å²) in [5, 5.41) is 21.3. The van der Waals surface area contributed by atoms with Gasteiger partial charge in [0.1, 0.15) is 23.4 Å². The fourth-order valence-electron chi connectivity index (χ4n) is 4.67. The molecule has 2 atom stereocenters. The molecule has 0 saturated carbocycles. The van der Waals surface area contributed by atoms with Crippen molar-refractivity contribution in [2.24, 2.45) is 0 Å². The quantitative estimate of drug-likeness (QED) is 0.290. The van der Waals surface area contributed by atoms with Crippen LogP contribution < -0.4 is 9.64 Å². The van der Waals surface area contributed by atoms with Crippen LogP contribution in [0, 0.1) is 0 Å². The van der Waals surface area contributed by atoms with Gasteiger partial charge in [0.25, 0.3) is 11.7 Å². The van der Waals surface area contributed by atoms with E-state index in [1.54, 1.807) is 18.2 Å². The fraction of sp³-hybridized carbons (Fsp3) is 0.185. The van der Waals surface area contributed by atoms with Crippen molar-refractivity contribution in [3.8, 4) is 11.5 Å². The number of carbonyl (C=O) groups excluding carboxylic acids is 2. The van der Waals surface area contributed by atoms with Crippen LogP contribution in [0.4, 0.5) is 18.9 Å². The minimum atomic E-state index is -4.67. The van der Waals surface area contributed by atoms with E-state index in [1.807, 2.05) is 6.92 Å². The van der Waals surface area contributed by atoms with Gasteiger partial charge in [0.05, 0.1) is 17.2 Å². The number of phenols is 1. The number of amides is 1. The molecule has 6 nitrogen and oxygen atoms in total. The highest BCUT2D eigenvalue weighted by molar-refractivity contribution is 6.51. The number of benzene rings is 3. The number of carbonyl (C=O) groups is 2. The van der Waals surface area contributed by atoms with Crippen molar-refractivity contribution in [2.75, 3.05) is 4.90 Å². The molecule has 1 saturated heterocycles. The van der Waals surface area contributed by atoms with E-state index in [4.69, 9.17) is 4.74 Å². The van der Waals surface area contributed by atoms with Crippen LogP contribution in [0.2, 0.25) is 0 Å². The van der Waals surface area contributed by atoms with Gasteiger partial charge in [-0.05, 0) is 66.6 Å². The Morgan fingerprint density at radius 1 is 1.03 bits per heavy atom. The van der Waals surface area contributed by atoms with Crippen molar-refractivity contribution in [3.63, 3.8) is 0 Å². The van der Waals surface area contributed by atoms with Crippen molar-refractivity contribution in [3.05, 3.63) is 94.6 Å². The first kappa shape index (κ1) is 23.5. The smallest absolute Gasteiger partial charge is 0.416 e. The number of aliphatic hydroxyl groups excluding tert-OH is 1. The third-order valence-corrected chi connectivity index (χ3v) is 6.25. The van der Waals surface area contributed by atoms with Gasteiger partial charge < -0.3 is 14.9 Å². The Hall–Kier alpha value is -4.27. The van der Waals surface area contributed by atoms with E-state index in [1.165, 1.54) is 30.3 Å². The normalized spacial score (nSPS) is 20.9. The number of ether oxygens (including phenoxy) is 1. The second kappa shape index (κ2) is 8.44. The molecule has 0 aromatic heterocycles. The third kappa shape index (κ3) is 3.96. The molecule has 3 aromatic rings. The summed E-state index contributed by atoms with van der Waals surface area (Å²) in [5.41, 5.74) is -0.146. The van der Waals surface area contributed by atoms with Gasteiger partial charge in [-0.1, -0.05) is 18.2 Å². The maximum Gasteiger partial charge on any atom is 0.416 e. The molecule has 184 valence electrons. The second-order valence-corrected chi connectivity index (χ2v) is 8.77. The molecule has 1 fully saturated rings. The maximum absolute atomic E-state index is 13.4. The van der Waals surface area contributed by atoms with Crippen LogP contribution in [-0.4, -0.2) is 28.0 Å². The van der Waals surface area contributed by atoms with Crippen LogP contribution in [0.25, 0.3) is 5.76 Å². The average molecular weight is 495 g/mol. The zero-order chi connectivity index (χ0) is 25.8. The third-order valence-electron chi connectivity index (χ3n) is 6.25. The molecular weight excluding hydrogens is 475 g/mol. The highest BCUT2D eigenvalue weighted by Crippen LogP contribution is 2.44. The van der Waals surface area contributed by atoms with Crippen LogP contribution in [0.3, 0.4) is 0 Å². The van der Waals surface area contributed by atoms with Gasteiger partial charge in [0, 0.05) is 17.7 Å². The standard InChI is InChI=1S/C27H20F3NO5/c1-14-10-17-11-16(8-9-21(17)36-14)24(33)22-23(15-4-2-7-20(32)12-15)31(26(35)25(22)34)19-6-3-5-18(13-19)27(28,29)30/h2-9,11-14,23,32-33H,10H2,1H3/b24-22-. The van der Waals surface area contributed by atoms with E-state index in [-0.39, 0.29) is 34.2 Å². The number of alkyl halides is 3. The molecular formula is C27H20F3NO5. The van der Waals surface area contributed by atoms with Crippen LogP contribution in [-0.2, 0) is 22.2 Å². The molecule has 3 aromatic carbocycles. The van der Waals surface area contributed by atoms with Gasteiger partial charge in [-0.25, -0.2) is 0 Å². The number of aliphatic hydroxyl groups is 1. The number of phenolic OH excluding ortho intramolecular Hbond substituents is 1. The van der Waals surface area contributed by atoms with Gasteiger partial charge in [-0.2, -0.15) is 13.2 Å². The molecule has 5 rings (SSSR count). The minimum absolute atomic E-state index is 0.0591. The number of anilines is 1. The van der Waals surface area contributed by atoms with E-state index >= 15 is 0 Å². The second-order valence-electron chi connectivity index (χ2n) is 8.77. The zero-order valence-corrected chi connectivity index (χ0v) is 18.9. The number of Topliss-reactive ketones (excluding diaryl/α,β-unsaturated/α-hetero) is 1. The summed E-state index contributed by atoms with van der Waals surface area (Å²) in [5.74, 6) is -2.15. The molecule has 0 bridgehead atoms. The Balaban J connectivity index is 1.70. The van der Waals surface area contributed by atoms with E-state index < -0.39 is 35.2 Å². The van der Waals surface area contributed by atoms with Gasteiger partial charge in [-0.15, -0.1) is 0 Å². The summed E-state index contributed by atoms with van der Waals surface area (Å²) in [4.78, 5) is 27.3. The average Bonchev–Trinajstić information content (AvgIpc) is 3.33. The highest BCUT2D eigenvalue weighted by Gasteiger charge is 2.47. The molecule has 1 amide bonds. The van der Waals surface area contributed by atoms with Crippen LogP contribution in [0.15, 0.2) is 72.3 Å². The Morgan fingerprint density at radius 3 is 2.50 bits per heavy atom. The monoisotopic (exact) mass is 495 g/mol. The maximum atomic E-state index is 13.4. The summed E-state index contributed by atoms with van der Waals surface area (Å²) in [6, 6.07) is 13.3. The summed E-state index contributed by atoms with van der Waals surface area (Å²) >= 11 is 0. The molecule has 36 heavy (non-hydrogen) atoms. The molecule has 2 unspecified atom stereocenters. The van der Waals surface area contributed by atoms with Crippen molar-refractivity contribution < 1.29 is 37.7 Å². The van der Waals surface area contributed by atoms with Crippen LogP contribution in [0.5, 0.6) is 11.5 Å². The Morgan fingerprint density at radius 2 is 1.78 bits per heavy atom. The lowest BCUT2D eigenvalue weighted by molar-refractivity contribution is -0.137. The number of hydrogen-bond acceptors (Lipinski definition) is 5. The fourth-order valence-corrected chi connectivity index (χ4v) is 4.67. The Bertz CT molecular complexity index is 1430. The van der Waals surface area contributed by atoms with Crippen molar-refractivity contribution in [1.82, 2.24) is 0 Å². The lowest BCUT2D eigenvalue weighted by Crippen LogP contribution is -2.29. The lowest BCUT2D eigenvalue weighted by Gasteiger charge is -2.26. The summed E-state index contributed by atoms with van der Waals surface area (Å²) in [6.45, 7) is 1.89. The van der Waals surface area contributed by atoms with Crippen molar-refractivity contribution in [2.45, 2.75) is 31.7 Å². The zero-order valence-electron chi connectivity index (χ0n) is 18.9. The van der Waals surface area contributed by atoms with Gasteiger partial charge in [0.15, 0.2) is 0 Å². The van der Waals surface area contributed by atoms with Crippen molar-refractivity contribution in [1.29, 1.82) is 0 Å². The van der Waals surface area contributed by atoms with E-state index in [9.17, 15) is 33.0 Å². The molecule has 2 aliphatic heterocycles. The topological polar surface area (TPSA) is 87.1 Å². The number of nitrogens with zero attached hydrogens (tertiary/aromatic N) is 1. The molecule has 2 N–H and O–H groups in total. The number of hydrogen-bond donors (Lipinski definition) is 2. The summed E-state index contributed by atoms with van der Waals surface area (Å²) < 4.78 is 45.9. The van der Waals surface area contributed by atoms with Crippen molar-refractivity contribution >= 4 is 23.1 Å². The highest BCUT2D eigenvalue weighted by atomic mass is 19.4. The van der Waals surface area contributed by atoms with E-state index in [0.29, 0.717) is 12.2 Å². The largest absolute Gasteiger partial charge is 0.508 e. The SMILES string of the molecule is CC1Cc2cc(/C(O)=C3/C(=O)C(=O)N(c4cccc(C(F)(F)F)c4)C3c3cccc(O)c3)ccc2O1. The number of halogens is 3. The Labute approximate surface area is 203 Å². The number of rotatable bonds is 3. The summed E-state index contributed by atoms with van der Waals surface area (Å²) in [7, 11) is 0. The first-order valence-electron chi connectivity index (χ1n) is 11.1. The van der Waals surface area contributed by atoms with E-state index in [2.05, 4.69) is 0 Å². The molecule has 9 heteroatoms. The minimum Gasteiger partial charge on any atom is -0.508 e. The molecule has 0 spiro atoms. The predicted octanol–water partition coefficient (Wildman–Crippen LogP) is 5.36. The van der Waals surface area contributed by atoms with Crippen LogP contribution in [0.1, 0.15) is 35.2 Å². The predicted molar refractivity (Wildman–Crippen MR) is 125 cm³/mol.